The van der Waals surface area contributed by atoms with E-state index in [9.17, 15) is 4.79 Å². The molecule has 0 aliphatic carbocycles. The number of carbonyl (C=O) groups is 1. The van der Waals surface area contributed by atoms with Gasteiger partial charge in [-0.25, -0.2) is 4.68 Å². The molecular formula is C23H29N5OS. The summed E-state index contributed by atoms with van der Waals surface area (Å²) in [5.41, 5.74) is 3.31. The third-order valence-electron chi connectivity index (χ3n) is 4.94. The third-order valence-corrected chi connectivity index (χ3v) is 5.99. The van der Waals surface area contributed by atoms with E-state index in [4.69, 9.17) is 5.84 Å². The van der Waals surface area contributed by atoms with Gasteiger partial charge in [0.25, 0.3) is 0 Å². The van der Waals surface area contributed by atoms with Crippen LogP contribution in [0.2, 0.25) is 0 Å². The Morgan fingerprint density at radius 3 is 2.33 bits per heavy atom. The SMILES string of the molecule is C[C@H](Sc1nnc(-c2ccc(C(C)(C)C)cc2)n1N)C(=O)N(C)Cc1ccccc1. The van der Waals surface area contributed by atoms with E-state index in [0.717, 1.165) is 11.1 Å². The number of benzene rings is 2. The zero-order valence-corrected chi connectivity index (χ0v) is 19.0. The fourth-order valence-corrected chi connectivity index (χ4v) is 4.01. The summed E-state index contributed by atoms with van der Waals surface area (Å²) in [6.07, 6.45) is 0. The Kier molecular flexibility index (Phi) is 6.51. The first kappa shape index (κ1) is 21.9. The van der Waals surface area contributed by atoms with Gasteiger partial charge in [0, 0.05) is 19.2 Å². The van der Waals surface area contributed by atoms with Gasteiger partial charge in [-0.2, -0.15) is 0 Å². The van der Waals surface area contributed by atoms with E-state index >= 15 is 0 Å². The second-order valence-corrected chi connectivity index (χ2v) is 9.75. The summed E-state index contributed by atoms with van der Waals surface area (Å²) in [4.78, 5) is 14.5. The Labute approximate surface area is 182 Å². The van der Waals surface area contributed by atoms with Crippen LogP contribution in [0.1, 0.15) is 38.8 Å². The van der Waals surface area contributed by atoms with Crippen molar-refractivity contribution >= 4 is 17.7 Å². The largest absolute Gasteiger partial charge is 0.340 e. The van der Waals surface area contributed by atoms with E-state index < -0.39 is 0 Å². The molecule has 1 atom stereocenters. The number of aromatic nitrogens is 3. The number of nitrogen functional groups attached to an aromatic ring is 1. The van der Waals surface area contributed by atoms with Crippen LogP contribution in [-0.4, -0.2) is 38.0 Å². The summed E-state index contributed by atoms with van der Waals surface area (Å²) in [5.74, 6) is 6.85. The molecular weight excluding hydrogens is 394 g/mol. The number of rotatable bonds is 6. The van der Waals surface area contributed by atoms with Crippen molar-refractivity contribution in [3.8, 4) is 11.4 Å². The maximum Gasteiger partial charge on any atom is 0.235 e. The molecule has 0 aliphatic rings. The molecule has 0 saturated carbocycles. The van der Waals surface area contributed by atoms with Crippen molar-refractivity contribution in [3.05, 3.63) is 65.7 Å². The molecule has 158 valence electrons. The molecule has 30 heavy (non-hydrogen) atoms. The summed E-state index contributed by atoms with van der Waals surface area (Å²) < 4.78 is 1.46. The Morgan fingerprint density at radius 2 is 1.73 bits per heavy atom. The first-order chi connectivity index (χ1) is 14.2. The van der Waals surface area contributed by atoms with E-state index in [1.165, 1.54) is 22.0 Å². The molecule has 0 bridgehead atoms. The molecule has 2 N–H and O–H groups in total. The van der Waals surface area contributed by atoms with Crippen LogP contribution in [0.5, 0.6) is 0 Å². The number of carbonyl (C=O) groups excluding carboxylic acids is 1. The number of nitrogens with two attached hydrogens (primary N) is 1. The second-order valence-electron chi connectivity index (χ2n) is 8.44. The van der Waals surface area contributed by atoms with Gasteiger partial charge in [0.2, 0.25) is 11.1 Å². The Balaban J connectivity index is 1.69. The first-order valence-electron chi connectivity index (χ1n) is 9.94. The average Bonchev–Trinajstić information content (AvgIpc) is 3.07. The number of hydrogen-bond donors (Lipinski definition) is 1. The third kappa shape index (κ3) is 5.02. The molecule has 0 radical (unpaired) electrons. The van der Waals surface area contributed by atoms with Crippen LogP contribution in [-0.2, 0) is 16.8 Å². The molecule has 1 heterocycles. The van der Waals surface area contributed by atoms with E-state index in [1.807, 2.05) is 56.4 Å². The monoisotopic (exact) mass is 423 g/mol. The van der Waals surface area contributed by atoms with Crippen molar-refractivity contribution in [1.29, 1.82) is 0 Å². The average molecular weight is 424 g/mol. The molecule has 2 aromatic carbocycles. The van der Waals surface area contributed by atoms with E-state index in [0.29, 0.717) is 17.5 Å². The highest BCUT2D eigenvalue weighted by atomic mass is 32.2. The van der Waals surface area contributed by atoms with Crippen molar-refractivity contribution in [1.82, 2.24) is 19.8 Å². The van der Waals surface area contributed by atoms with Crippen molar-refractivity contribution in [2.24, 2.45) is 0 Å². The Bertz CT molecular complexity index is 993. The molecule has 0 spiro atoms. The fraction of sp³-hybridized carbons (Fsp3) is 0.348. The van der Waals surface area contributed by atoms with Crippen LogP contribution >= 0.6 is 11.8 Å². The minimum atomic E-state index is -0.332. The summed E-state index contributed by atoms with van der Waals surface area (Å²) in [6, 6.07) is 18.1. The molecule has 3 aromatic rings. The van der Waals surface area contributed by atoms with Crippen molar-refractivity contribution in [2.45, 2.75) is 50.1 Å². The zero-order valence-electron chi connectivity index (χ0n) is 18.2. The van der Waals surface area contributed by atoms with Gasteiger partial charge < -0.3 is 10.7 Å². The maximum atomic E-state index is 12.8. The summed E-state index contributed by atoms with van der Waals surface area (Å²) >= 11 is 1.31. The van der Waals surface area contributed by atoms with Crippen LogP contribution < -0.4 is 5.84 Å². The number of amides is 1. The van der Waals surface area contributed by atoms with Crippen LogP contribution in [0.4, 0.5) is 0 Å². The number of thioether (sulfide) groups is 1. The minimum Gasteiger partial charge on any atom is -0.340 e. The van der Waals surface area contributed by atoms with Crippen LogP contribution in [0.25, 0.3) is 11.4 Å². The highest BCUT2D eigenvalue weighted by Gasteiger charge is 2.23. The van der Waals surface area contributed by atoms with Gasteiger partial charge in [0.05, 0.1) is 5.25 Å². The molecule has 1 amide bonds. The summed E-state index contributed by atoms with van der Waals surface area (Å²) in [5, 5.41) is 8.63. The lowest BCUT2D eigenvalue weighted by atomic mass is 9.87. The van der Waals surface area contributed by atoms with Crippen LogP contribution in [0, 0.1) is 0 Å². The quantitative estimate of drug-likeness (QED) is 0.477. The lowest BCUT2D eigenvalue weighted by Crippen LogP contribution is -2.33. The van der Waals surface area contributed by atoms with Gasteiger partial charge in [0.1, 0.15) is 0 Å². The summed E-state index contributed by atoms with van der Waals surface area (Å²) in [6.45, 7) is 8.95. The van der Waals surface area contributed by atoms with Gasteiger partial charge in [0.15, 0.2) is 5.82 Å². The second kappa shape index (κ2) is 8.92. The summed E-state index contributed by atoms with van der Waals surface area (Å²) in [7, 11) is 1.81. The van der Waals surface area contributed by atoms with E-state index in [1.54, 1.807) is 4.90 Å². The predicted molar refractivity (Wildman–Crippen MR) is 123 cm³/mol. The van der Waals surface area contributed by atoms with E-state index in [-0.39, 0.29) is 16.6 Å². The predicted octanol–water partition coefficient (Wildman–Crippen LogP) is 4.10. The minimum absolute atomic E-state index is 0.0166. The van der Waals surface area contributed by atoms with Crippen molar-refractivity contribution < 1.29 is 4.79 Å². The van der Waals surface area contributed by atoms with Crippen molar-refractivity contribution in [3.63, 3.8) is 0 Å². The maximum absolute atomic E-state index is 12.8. The van der Waals surface area contributed by atoms with Crippen LogP contribution in [0.3, 0.4) is 0 Å². The molecule has 6 nitrogen and oxygen atoms in total. The lowest BCUT2D eigenvalue weighted by Gasteiger charge is -2.21. The molecule has 0 aliphatic heterocycles. The highest BCUT2D eigenvalue weighted by molar-refractivity contribution is 8.00. The Hall–Kier alpha value is -2.80. The van der Waals surface area contributed by atoms with Gasteiger partial charge >= 0.3 is 0 Å². The van der Waals surface area contributed by atoms with E-state index in [2.05, 4.69) is 43.1 Å². The van der Waals surface area contributed by atoms with Crippen molar-refractivity contribution in [2.75, 3.05) is 12.9 Å². The lowest BCUT2D eigenvalue weighted by molar-refractivity contribution is -0.129. The van der Waals surface area contributed by atoms with Crippen LogP contribution in [0.15, 0.2) is 59.8 Å². The number of nitrogens with zero attached hydrogens (tertiary/aromatic N) is 4. The number of hydrogen-bond acceptors (Lipinski definition) is 5. The molecule has 0 unspecified atom stereocenters. The Morgan fingerprint density at radius 1 is 1.10 bits per heavy atom. The normalized spacial score (nSPS) is 12.6. The van der Waals surface area contributed by atoms with Gasteiger partial charge in [-0.05, 0) is 23.5 Å². The fourth-order valence-electron chi connectivity index (χ4n) is 3.13. The van der Waals surface area contributed by atoms with Gasteiger partial charge in [-0.1, -0.05) is 87.1 Å². The molecule has 0 fully saturated rings. The van der Waals surface area contributed by atoms with Gasteiger partial charge in [-0.3, -0.25) is 4.79 Å². The molecule has 3 rings (SSSR count). The molecule has 7 heteroatoms. The standard InChI is InChI=1S/C23H29N5OS/c1-16(21(29)27(5)15-17-9-7-6-8-10-17)30-22-26-25-20(28(22)24)18-11-13-19(14-12-18)23(2,3)4/h6-14,16H,15,24H2,1-5H3/t16-/m0/s1. The zero-order chi connectivity index (χ0) is 21.9. The molecule has 0 saturated heterocycles. The van der Waals surface area contributed by atoms with Gasteiger partial charge in [-0.15, -0.1) is 10.2 Å². The molecule has 1 aromatic heterocycles. The smallest absolute Gasteiger partial charge is 0.235 e. The topological polar surface area (TPSA) is 77.0 Å². The highest BCUT2D eigenvalue weighted by Crippen LogP contribution is 2.28. The first-order valence-corrected chi connectivity index (χ1v) is 10.8.